The van der Waals surface area contributed by atoms with Gasteiger partial charge in [-0.15, -0.1) is 0 Å². The first-order valence-corrected chi connectivity index (χ1v) is 5.02. The molecule has 0 saturated heterocycles. The Labute approximate surface area is 88.7 Å². The summed E-state index contributed by atoms with van der Waals surface area (Å²) in [4.78, 5) is 9.98. The Morgan fingerprint density at radius 3 is 2.47 bits per heavy atom. The van der Waals surface area contributed by atoms with Crippen LogP contribution in [0, 0.1) is 5.95 Å². The molecule has 0 radical (unpaired) electrons. The Balaban J connectivity index is 0.000000442. The van der Waals surface area contributed by atoms with Crippen LogP contribution < -0.4 is 5.73 Å². The van der Waals surface area contributed by atoms with Gasteiger partial charge in [0.05, 0.1) is 11.8 Å². The molecular formula is C10H17FN4. The number of nitrogens with two attached hydrogens (primary N) is 1. The third-order valence-electron chi connectivity index (χ3n) is 1.40. The smallest absolute Gasteiger partial charge is 0.217 e. The molecule has 84 valence electrons. The summed E-state index contributed by atoms with van der Waals surface area (Å²) in [5.74, 6) is -0.486. The minimum absolute atomic E-state index is 0.112. The van der Waals surface area contributed by atoms with Crippen molar-refractivity contribution in [3.63, 3.8) is 0 Å². The van der Waals surface area contributed by atoms with Gasteiger partial charge >= 0.3 is 0 Å². The van der Waals surface area contributed by atoms with Crippen LogP contribution in [0.4, 0.5) is 10.2 Å². The first-order valence-electron chi connectivity index (χ1n) is 5.02. The molecule has 0 aliphatic heterocycles. The molecule has 0 spiro atoms. The molecule has 3 N–H and O–H groups in total. The van der Waals surface area contributed by atoms with Gasteiger partial charge in [-0.1, -0.05) is 27.7 Å². The van der Waals surface area contributed by atoms with Gasteiger partial charge in [0.25, 0.3) is 0 Å². The molecule has 2 aromatic rings. The van der Waals surface area contributed by atoms with Crippen molar-refractivity contribution >= 4 is 16.9 Å². The number of nitrogens with zero attached hydrogens (tertiary/aromatic N) is 2. The van der Waals surface area contributed by atoms with Crippen LogP contribution in [0.15, 0.2) is 12.4 Å². The number of pyridine rings is 1. The van der Waals surface area contributed by atoms with E-state index >= 15 is 0 Å². The van der Waals surface area contributed by atoms with Crippen molar-refractivity contribution in [2.75, 3.05) is 5.73 Å². The zero-order valence-electron chi connectivity index (χ0n) is 9.50. The minimum atomic E-state index is -0.598. The summed E-state index contributed by atoms with van der Waals surface area (Å²) < 4.78 is 12.5. The third-order valence-corrected chi connectivity index (χ3v) is 1.40. The summed E-state index contributed by atoms with van der Waals surface area (Å²) in [6.07, 6.45) is 1.45. The van der Waals surface area contributed by atoms with Crippen molar-refractivity contribution in [1.82, 2.24) is 15.0 Å². The Hall–Kier alpha value is -1.65. The average Bonchev–Trinajstić information content (AvgIpc) is 2.72. The van der Waals surface area contributed by atoms with Gasteiger partial charge in [0.2, 0.25) is 5.95 Å². The molecule has 2 aromatic heterocycles. The number of imidazole rings is 1. The third kappa shape index (κ3) is 3.19. The second-order valence-electron chi connectivity index (χ2n) is 2.13. The number of aromatic amines is 1. The molecule has 0 amide bonds. The van der Waals surface area contributed by atoms with Gasteiger partial charge < -0.3 is 10.7 Å². The largest absolute Gasteiger partial charge is 0.382 e. The molecule has 0 aliphatic carbocycles. The van der Waals surface area contributed by atoms with Crippen LogP contribution in [-0.2, 0) is 0 Å². The number of halogens is 1. The molecule has 0 bridgehead atoms. The molecule has 2 rings (SSSR count). The van der Waals surface area contributed by atoms with Crippen molar-refractivity contribution in [3.05, 3.63) is 18.3 Å². The number of nitrogen functional groups attached to an aromatic ring is 1. The van der Waals surface area contributed by atoms with E-state index in [1.54, 1.807) is 0 Å². The Bertz CT molecular complexity index is 397. The number of anilines is 1. The zero-order chi connectivity index (χ0) is 11.8. The molecule has 0 aliphatic rings. The summed E-state index contributed by atoms with van der Waals surface area (Å²) in [6.45, 7) is 8.00. The SMILES string of the molecule is CC.CC.Nc1nc(F)cc2[nH]cnc12. The van der Waals surface area contributed by atoms with Gasteiger partial charge in [0, 0.05) is 6.07 Å². The monoisotopic (exact) mass is 212 g/mol. The van der Waals surface area contributed by atoms with Gasteiger partial charge in [0.1, 0.15) is 5.52 Å². The van der Waals surface area contributed by atoms with Crippen molar-refractivity contribution in [1.29, 1.82) is 0 Å². The highest BCUT2D eigenvalue weighted by Crippen LogP contribution is 2.14. The second-order valence-corrected chi connectivity index (χ2v) is 2.13. The van der Waals surface area contributed by atoms with E-state index < -0.39 is 5.95 Å². The minimum Gasteiger partial charge on any atom is -0.382 e. The standard InChI is InChI=1S/C6H5FN4.2C2H6/c7-4-1-3-5(6(8)11-4)10-2-9-3;2*1-2/h1-2H,(H2,8,11)(H,9,10);2*1-2H3. The van der Waals surface area contributed by atoms with E-state index in [0.29, 0.717) is 11.0 Å². The molecule has 0 saturated carbocycles. The lowest BCUT2D eigenvalue weighted by molar-refractivity contribution is 0.588. The lowest BCUT2D eigenvalue weighted by Crippen LogP contribution is -1.93. The van der Waals surface area contributed by atoms with Crippen LogP contribution in [0.25, 0.3) is 11.0 Å². The van der Waals surface area contributed by atoms with Crippen LogP contribution in [0.3, 0.4) is 0 Å². The van der Waals surface area contributed by atoms with Gasteiger partial charge in [0.15, 0.2) is 5.82 Å². The summed E-state index contributed by atoms with van der Waals surface area (Å²) in [5.41, 5.74) is 6.44. The molecule has 15 heavy (non-hydrogen) atoms. The quantitative estimate of drug-likeness (QED) is 0.660. The molecule has 2 heterocycles. The number of fused-ring (bicyclic) bond motifs is 1. The van der Waals surface area contributed by atoms with Gasteiger partial charge in [-0.2, -0.15) is 4.39 Å². The second kappa shape index (κ2) is 6.75. The maximum Gasteiger partial charge on any atom is 0.217 e. The normalized spacial score (nSPS) is 8.60. The Morgan fingerprint density at radius 1 is 1.27 bits per heavy atom. The Morgan fingerprint density at radius 2 is 1.87 bits per heavy atom. The van der Waals surface area contributed by atoms with Gasteiger partial charge in [-0.3, -0.25) is 0 Å². The summed E-state index contributed by atoms with van der Waals surface area (Å²) in [6, 6.07) is 1.25. The highest BCUT2D eigenvalue weighted by Gasteiger charge is 2.03. The zero-order valence-corrected chi connectivity index (χ0v) is 9.50. The highest BCUT2D eigenvalue weighted by atomic mass is 19.1. The first kappa shape index (κ1) is 13.4. The van der Waals surface area contributed by atoms with E-state index in [9.17, 15) is 4.39 Å². The first-order chi connectivity index (χ1) is 7.27. The molecule has 0 aromatic carbocycles. The molecule has 0 fully saturated rings. The fourth-order valence-electron chi connectivity index (χ4n) is 0.938. The number of rotatable bonds is 0. The summed E-state index contributed by atoms with van der Waals surface area (Å²) in [7, 11) is 0. The average molecular weight is 212 g/mol. The number of aromatic nitrogens is 3. The molecular weight excluding hydrogens is 195 g/mol. The maximum absolute atomic E-state index is 12.5. The Kier molecular flexibility index (Phi) is 6.01. The molecule has 0 unspecified atom stereocenters. The topological polar surface area (TPSA) is 67.6 Å². The van der Waals surface area contributed by atoms with Crippen molar-refractivity contribution < 1.29 is 4.39 Å². The van der Waals surface area contributed by atoms with Crippen molar-refractivity contribution in [2.45, 2.75) is 27.7 Å². The maximum atomic E-state index is 12.5. The molecule has 0 atom stereocenters. The van der Waals surface area contributed by atoms with Crippen LogP contribution in [0.2, 0.25) is 0 Å². The number of H-pyrrole nitrogens is 1. The number of nitrogens with one attached hydrogen (secondary N) is 1. The number of hydrogen-bond donors (Lipinski definition) is 2. The number of hydrogen-bond acceptors (Lipinski definition) is 3. The fourth-order valence-corrected chi connectivity index (χ4v) is 0.938. The fraction of sp³-hybridized carbons (Fsp3) is 0.400. The predicted molar refractivity (Wildman–Crippen MR) is 61.0 cm³/mol. The summed E-state index contributed by atoms with van der Waals surface area (Å²) in [5, 5.41) is 0. The van der Waals surface area contributed by atoms with Crippen molar-refractivity contribution in [2.24, 2.45) is 0 Å². The van der Waals surface area contributed by atoms with E-state index in [2.05, 4.69) is 15.0 Å². The van der Waals surface area contributed by atoms with E-state index in [-0.39, 0.29) is 5.82 Å². The summed E-state index contributed by atoms with van der Waals surface area (Å²) >= 11 is 0. The van der Waals surface area contributed by atoms with E-state index in [1.165, 1.54) is 12.4 Å². The van der Waals surface area contributed by atoms with Crippen molar-refractivity contribution in [3.8, 4) is 0 Å². The molecule has 4 nitrogen and oxygen atoms in total. The van der Waals surface area contributed by atoms with E-state index in [4.69, 9.17) is 5.73 Å². The van der Waals surface area contributed by atoms with Crippen LogP contribution in [0.5, 0.6) is 0 Å². The van der Waals surface area contributed by atoms with E-state index in [0.717, 1.165) is 0 Å². The molecule has 5 heteroatoms. The van der Waals surface area contributed by atoms with E-state index in [1.807, 2.05) is 27.7 Å². The lowest BCUT2D eigenvalue weighted by Gasteiger charge is -1.92. The predicted octanol–water partition coefficient (Wildman–Crippen LogP) is 2.73. The van der Waals surface area contributed by atoms with Crippen LogP contribution >= 0.6 is 0 Å². The lowest BCUT2D eigenvalue weighted by atomic mass is 10.4. The van der Waals surface area contributed by atoms with Crippen LogP contribution in [0.1, 0.15) is 27.7 Å². The van der Waals surface area contributed by atoms with Gasteiger partial charge in [-0.05, 0) is 0 Å². The van der Waals surface area contributed by atoms with Gasteiger partial charge in [-0.25, -0.2) is 9.97 Å². The van der Waals surface area contributed by atoms with Crippen LogP contribution in [-0.4, -0.2) is 15.0 Å². The highest BCUT2D eigenvalue weighted by molar-refractivity contribution is 5.83.